The van der Waals surface area contributed by atoms with Crippen molar-refractivity contribution < 1.29 is 38.4 Å². The van der Waals surface area contributed by atoms with Gasteiger partial charge in [-0.2, -0.15) is 0 Å². The van der Waals surface area contributed by atoms with Gasteiger partial charge in [-0.15, -0.1) is 0 Å². The Morgan fingerprint density at radius 2 is 1.63 bits per heavy atom. The van der Waals surface area contributed by atoms with Gasteiger partial charge in [0.05, 0.1) is 26.9 Å². The molecule has 1 saturated heterocycles. The van der Waals surface area contributed by atoms with E-state index in [0.29, 0.717) is 6.61 Å². The number of amides is 1. The lowest BCUT2D eigenvalue weighted by molar-refractivity contribution is -0.286. The number of ether oxygens (including phenoxy) is 5. The SMILES string of the molecule is COC(=O)[C@@H](C)O[C@H]1[C@H](O)[C@H](COCc2ccccc2)O[C@H](OCc2ccccc2)[C@H]1NC(C)=O. The fraction of sp³-hybridized carbons (Fsp3) is 0.462. The monoisotopic (exact) mass is 487 g/mol. The molecule has 2 aromatic carbocycles. The van der Waals surface area contributed by atoms with Gasteiger partial charge in [-0.05, 0) is 18.1 Å². The Labute approximate surface area is 205 Å². The van der Waals surface area contributed by atoms with Gasteiger partial charge in [-0.25, -0.2) is 4.79 Å². The van der Waals surface area contributed by atoms with Crippen LogP contribution in [0.15, 0.2) is 60.7 Å². The molecule has 0 aliphatic carbocycles. The van der Waals surface area contributed by atoms with Crippen molar-refractivity contribution in [3.8, 4) is 0 Å². The van der Waals surface area contributed by atoms with E-state index < -0.39 is 42.7 Å². The minimum Gasteiger partial charge on any atom is -0.467 e. The molecule has 1 aliphatic rings. The van der Waals surface area contributed by atoms with E-state index in [4.69, 9.17) is 23.7 Å². The highest BCUT2D eigenvalue weighted by atomic mass is 16.7. The molecule has 9 nitrogen and oxygen atoms in total. The molecule has 0 bridgehead atoms. The summed E-state index contributed by atoms with van der Waals surface area (Å²) in [6, 6.07) is 18.2. The van der Waals surface area contributed by atoms with Crippen molar-refractivity contribution in [2.24, 2.45) is 0 Å². The smallest absolute Gasteiger partial charge is 0.334 e. The highest BCUT2D eigenvalue weighted by Gasteiger charge is 2.48. The maximum atomic E-state index is 12.0. The highest BCUT2D eigenvalue weighted by molar-refractivity contribution is 5.74. The standard InChI is InChI=1S/C26H33NO8/c1-17(25(30)31-3)34-24-22(27-18(2)28)26(33-15-20-12-8-5-9-13-20)35-21(23(24)29)16-32-14-19-10-6-4-7-11-19/h4-13,17,21-24,26,29H,14-16H2,1-3H3,(H,27,28)/t17-,21+,22+,23-,24-,26+/m1/s1. The van der Waals surface area contributed by atoms with Crippen LogP contribution in [0.3, 0.4) is 0 Å². The van der Waals surface area contributed by atoms with E-state index in [1.54, 1.807) is 0 Å². The van der Waals surface area contributed by atoms with E-state index in [0.717, 1.165) is 11.1 Å². The van der Waals surface area contributed by atoms with Gasteiger partial charge in [0.25, 0.3) is 0 Å². The molecular weight excluding hydrogens is 454 g/mol. The quantitative estimate of drug-likeness (QED) is 0.463. The lowest BCUT2D eigenvalue weighted by Crippen LogP contribution is -2.66. The summed E-state index contributed by atoms with van der Waals surface area (Å²) in [5.74, 6) is -0.971. The molecule has 0 spiro atoms. The number of methoxy groups -OCH3 is 1. The minimum atomic E-state index is -1.22. The van der Waals surface area contributed by atoms with Crippen molar-refractivity contribution in [1.29, 1.82) is 0 Å². The average molecular weight is 488 g/mol. The number of aliphatic hydroxyl groups excluding tert-OH is 1. The fourth-order valence-electron chi connectivity index (χ4n) is 3.82. The minimum absolute atomic E-state index is 0.0422. The zero-order chi connectivity index (χ0) is 25.2. The summed E-state index contributed by atoms with van der Waals surface area (Å²) in [7, 11) is 1.25. The van der Waals surface area contributed by atoms with Gasteiger partial charge in [0.2, 0.25) is 5.91 Å². The molecule has 0 radical (unpaired) electrons. The third-order valence-electron chi connectivity index (χ3n) is 5.59. The van der Waals surface area contributed by atoms with E-state index in [1.807, 2.05) is 60.7 Å². The van der Waals surface area contributed by atoms with Crippen LogP contribution in [0.1, 0.15) is 25.0 Å². The summed E-state index contributed by atoms with van der Waals surface area (Å²) in [5.41, 5.74) is 1.87. The number of carbonyl (C=O) groups excluding carboxylic acids is 2. The van der Waals surface area contributed by atoms with Crippen LogP contribution in [0.25, 0.3) is 0 Å². The second-order valence-corrected chi connectivity index (χ2v) is 8.32. The van der Waals surface area contributed by atoms with Gasteiger partial charge in [0, 0.05) is 6.92 Å². The van der Waals surface area contributed by atoms with Crippen molar-refractivity contribution in [1.82, 2.24) is 5.32 Å². The maximum Gasteiger partial charge on any atom is 0.334 e. The number of hydrogen-bond acceptors (Lipinski definition) is 8. The number of rotatable bonds is 11. The summed E-state index contributed by atoms with van der Waals surface area (Å²) >= 11 is 0. The van der Waals surface area contributed by atoms with Gasteiger partial charge in [0.1, 0.15) is 24.4 Å². The van der Waals surface area contributed by atoms with Crippen molar-refractivity contribution >= 4 is 11.9 Å². The van der Waals surface area contributed by atoms with Gasteiger partial charge < -0.3 is 34.1 Å². The van der Waals surface area contributed by atoms with Gasteiger partial charge in [-0.1, -0.05) is 60.7 Å². The van der Waals surface area contributed by atoms with Crippen LogP contribution in [-0.2, 0) is 46.5 Å². The van der Waals surface area contributed by atoms with E-state index in [1.165, 1.54) is 21.0 Å². The number of benzene rings is 2. The molecule has 1 heterocycles. The first-order valence-corrected chi connectivity index (χ1v) is 11.5. The van der Waals surface area contributed by atoms with Crippen molar-refractivity contribution in [3.05, 3.63) is 71.8 Å². The third kappa shape index (κ3) is 7.84. The molecule has 0 saturated carbocycles. The number of hydrogen-bond donors (Lipinski definition) is 2. The molecule has 2 aromatic rings. The maximum absolute atomic E-state index is 12.0. The normalized spacial score (nSPS) is 25.0. The van der Waals surface area contributed by atoms with Crippen molar-refractivity contribution in [2.45, 2.75) is 63.8 Å². The van der Waals surface area contributed by atoms with E-state index >= 15 is 0 Å². The Morgan fingerprint density at radius 1 is 1.03 bits per heavy atom. The van der Waals surface area contributed by atoms with Gasteiger partial charge in [0.15, 0.2) is 12.4 Å². The van der Waals surface area contributed by atoms with Gasteiger partial charge >= 0.3 is 5.97 Å². The lowest BCUT2D eigenvalue weighted by Gasteiger charge is -2.45. The van der Waals surface area contributed by atoms with Crippen molar-refractivity contribution in [2.75, 3.05) is 13.7 Å². The zero-order valence-corrected chi connectivity index (χ0v) is 20.2. The van der Waals surface area contributed by atoms with Gasteiger partial charge in [-0.3, -0.25) is 4.79 Å². The third-order valence-corrected chi connectivity index (χ3v) is 5.59. The van der Waals surface area contributed by atoms with E-state index in [9.17, 15) is 14.7 Å². The second kappa shape index (κ2) is 13.3. The molecule has 6 atom stereocenters. The van der Waals surface area contributed by atoms with Crippen molar-refractivity contribution in [3.63, 3.8) is 0 Å². The molecule has 1 amide bonds. The van der Waals surface area contributed by atoms with Crippen LogP contribution >= 0.6 is 0 Å². The second-order valence-electron chi connectivity index (χ2n) is 8.32. The van der Waals surface area contributed by atoms with Crippen LogP contribution < -0.4 is 5.32 Å². The summed E-state index contributed by atoms with van der Waals surface area (Å²) < 4.78 is 28.5. The molecule has 35 heavy (non-hydrogen) atoms. The van der Waals surface area contributed by atoms with E-state index in [2.05, 4.69) is 5.32 Å². The Kier molecular flexibility index (Phi) is 10.2. The predicted octanol–water partition coefficient (Wildman–Crippen LogP) is 1.96. The fourth-order valence-corrected chi connectivity index (χ4v) is 3.82. The average Bonchev–Trinajstić information content (AvgIpc) is 2.87. The number of esters is 1. The largest absolute Gasteiger partial charge is 0.467 e. The topological polar surface area (TPSA) is 113 Å². The van der Waals surface area contributed by atoms with Crippen LogP contribution in [-0.4, -0.2) is 67.4 Å². The summed E-state index contributed by atoms with van der Waals surface area (Å²) in [6.07, 6.45) is -5.03. The number of aliphatic hydroxyl groups is 1. The Morgan fingerprint density at radius 3 is 2.20 bits per heavy atom. The first-order valence-electron chi connectivity index (χ1n) is 11.5. The Bertz CT molecular complexity index is 925. The molecule has 2 N–H and O–H groups in total. The summed E-state index contributed by atoms with van der Waals surface area (Å²) in [4.78, 5) is 24.0. The summed E-state index contributed by atoms with van der Waals surface area (Å²) in [5, 5.41) is 13.9. The Balaban J connectivity index is 1.78. The van der Waals surface area contributed by atoms with Crippen LogP contribution in [0, 0.1) is 0 Å². The molecular formula is C26H33NO8. The first kappa shape index (κ1) is 26.8. The van der Waals surface area contributed by atoms with Crippen LogP contribution in [0.2, 0.25) is 0 Å². The number of nitrogens with one attached hydrogen (secondary N) is 1. The highest BCUT2D eigenvalue weighted by Crippen LogP contribution is 2.27. The molecule has 0 unspecified atom stereocenters. The first-order chi connectivity index (χ1) is 16.9. The lowest BCUT2D eigenvalue weighted by atomic mass is 9.96. The van der Waals surface area contributed by atoms with Crippen LogP contribution in [0.4, 0.5) is 0 Å². The molecule has 0 aromatic heterocycles. The predicted molar refractivity (Wildman–Crippen MR) is 126 cm³/mol. The van der Waals surface area contributed by atoms with Crippen LogP contribution in [0.5, 0.6) is 0 Å². The molecule has 9 heteroatoms. The molecule has 190 valence electrons. The number of carbonyl (C=O) groups is 2. The Hall–Kier alpha value is -2.82. The molecule has 1 fully saturated rings. The zero-order valence-electron chi connectivity index (χ0n) is 20.2. The molecule has 3 rings (SSSR count). The summed E-state index contributed by atoms with van der Waals surface area (Å²) in [6.45, 7) is 3.42. The van der Waals surface area contributed by atoms with E-state index in [-0.39, 0.29) is 19.1 Å². The molecule has 1 aliphatic heterocycles.